The van der Waals surface area contributed by atoms with E-state index in [9.17, 15) is 19.5 Å². The third kappa shape index (κ3) is 1.80. The summed E-state index contributed by atoms with van der Waals surface area (Å²) in [5, 5.41) is 15.4. The van der Waals surface area contributed by atoms with Crippen LogP contribution in [0.2, 0.25) is 0 Å². The molecule has 5 aliphatic rings. The Bertz CT molecular complexity index is 1480. The SMILES string of the molecule is C=C1C(=O)N2c3ccccc3[C@@]3(O)C[C@H]4C(=O)N[C@H](c5nc6ccccc6c(=O)n54)N1[C@H]23. The van der Waals surface area contributed by atoms with Gasteiger partial charge in [-0.15, -0.1) is 0 Å². The summed E-state index contributed by atoms with van der Waals surface area (Å²) in [6, 6.07) is 13.1. The summed E-state index contributed by atoms with van der Waals surface area (Å²) in [6.07, 6.45) is -1.82. The zero-order valence-electron chi connectivity index (χ0n) is 16.7. The van der Waals surface area contributed by atoms with Crippen LogP contribution in [-0.4, -0.2) is 37.5 Å². The third-order valence-corrected chi connectivity index (χ3v) is 7.10. The first-order valence-corrected chi connectivity index (χ1v) is 10.4. The zero-order chi connectivity index (χ0) is 21.9. The second kappa shape index (κ2) is 5.43. The average molecular weight is 427 g/mol. The van der Waals surface area contributed by atoms with Crippen LogP contribution < -0.4 is 15.8 Å². The Balaban J connectivity index is 1.59. The molecule has 2 aromatic carbocycles. The number of aliphatic hydroxyl groups is 1. The van der Waals surface area contributed by atoms with E-state index in [0.717, 1.165) is 0 Å². The van der Waals surface area contributed by atoms with Crippen LogP contribution in [0.1, 0.15) is 30.0 Å². The van der Waals surface area contributed by atoms with Crippen molar-refractivity contribution in [3.8, 4) is 0 Å². The summed E-state index contributed by atoms with van der Waals surface area (Å²) >= 11 is 0. The fourth-order valence-electron chi connectivity index (χ4n) is 5.76. The molecule has 6 heterocycles. The number of anilines is 1. The summed E-state index contributed by atoms with van der Waals surface area (Å²) in [5.41, 5.74) is -0.159. The molecule has 9 heteroatoms. The first kappa shape index (κ1) is 17.7. The second-order valence-electron chi connectivity index (χ2n) is 8.64. The van der Waals surface area contributed by atoms with Gasteiger partial charge < -0.3 is 15.3 Å². The molecular formula is C23H17N5O4. The smallest absolute Gasteiger partial charge is 0.275 e. The number of fused-ring (bicyclic) bond motifs is 4. The highest BCUT2D eigenvalue weighted by atomic mass is 16.3. The average Bonchev–Trinajstić information content (AvgIpc) is 3.19. The van der Waals surface area contributed by atoms with Crippen LogP contribution in [0.15, 0.2) is 65.6 Å². The van der Waals surface area contributed by atoms with Crippen molar-refractivity contribution in [3.05, 3.63) is 82.5 Å². The number of rotatable bonds is 0. The fraction of sp³-hybridized carbons (Fsp3) is 0.217. The van der Waals surface area contributed by atoms with E-state index in [1.807, 2.05) is 0 Å². The Hall–Kier alpha value is -3.98. The Kier molecular flexibility index (Phi) is 3.00. The molecule has 0 spiro atoms. The van der Waals surface area contributed by atoms with Gasteiger partial charge in [0, 0.05) is 12.0 Å². The van der Waals surface area contributed by atoms with E-state index in [4.69, 9.17) is 4.98 Å². The number of amides is 2. The number of benzene rings is 2. The van der Waals surface area contributed by atoms with Gasteiger partial charge in [0.2, 0.25) is 5.91 Å². The number of carbonyl (C=O) groups is 2. The molecule has 2 saturated heterocycles. The number of aromatic nitrogens is 2. The van der Waals surface area contributed by atoms with Crippen molar-refractivity contribution < 1.29 is 14.7 Å². The monoisotopic (exact) mass is 427 g/mol. The summed E-state index contributed by atoms with van der Waals surface area (Å²) < 4.78 is 1.38. The molecule has 1 aromatic heterocycles. The highest BCUT2D eigenvalue weighted by molar-refractivity contribution is 6.10. The molecule has 2 N–H and O–H groups in total. The molecule has 2 fully saturated rings. The lowest BCUT2D eigenvalue weighted by molar-refractivity contribution is -0.140. The van der Waals surface area contributed by atoms with Crippen molar-refractivity contribution in [3.63, 3.8) is 0 Å². The van der Waals surface area contributed by atoms with Crippen molar-refractivity contribution >= 4 is 28.4 Å². The van der Waals surface area contributed by atoms with Gasteiger partial charge in [0.05, 0.1) is 22.3 Å². The molecule has 2 bridgehead atoms. The fourth-order valence-corrected chi connectivity index (χ4v) is 5.76. The van der Waals surface area contributed by atoms with Crippen molar-refractivity contribution in [1.29, 1.82) is 0 Å². The van der Waals surface area contributed by atoms with E-state index in [-0.39, 0.29) is 23.6 Å². The molecule has 0 saturated carbocycles. The normalized spacial score (nSPS) is 29.5. The molecule has 2 amide bonds. The number of hydrogen-bond donors (Lipinski definition) is 2. The van der Waals surface area contributed by atoms with Gasteiger partial charge in [-0.2, -0.15) is 0 Å². The highest BCUT2D eigenvalue weighted by Gasteiger charge is 2.65. The van der Waals surface area contributed by atoms with Crippen LogP contribution in [0.3, 0.4) is 0 Å². The van der Waals surface area contributed by atoms with E-state index in [0.29, 0.717) is 28.0 Å². The minimum atomic E-state index is -1.57. The van der Waals surface area contributed by atoms with Crippen LogP contribution in [0.5, 0.6) is 0 Å². The Morgan fingerprint density at radius 1 is 1.09 bits per heavy atom. The maximum Gasteiger partial charge on any atom is 0.275 e. The summed E-state index contributed by atoms with van der Waals surface area (Å²) in [6.45, 7) is 3.97. The molecule has 0 unspecified atom stereocenters. The first-order valence-electron chi connectivity index (χ1n) is 10.4. The standard InChI is InChI=1S/C23H17N5O4/c1-11-20(30)28-15-9-5-3-7-13(15)23(32)10-16-19(29)25-18(26(11)22(23)28)17-24-14-8-4-2-6-12(14)21(31)27(16)17/h2-9,16,18,22,32H,1,10H2,(H,25,29)/t16-,18-,22+,23-/m0/s1. The maximum absolute atomic E-state index is 13.5. The van der Waals surface area contributed by atoms with Crippen LogP contribution >= 0.6 is 0 Å². The predicted molar refractivity (Wildman–Crippen MR) is 113 cm³/mol. The lowest BCUT2D eigenvalue weighted by Crippen LogP contribution is -2.62. The molecule has 3 aromatic rings. The summed E-state index contributed by atoms with van der Waals surface area (Å²) in [5.74, 6) is -0.434. The highest BCUT2D eigenvalue weighted by Crippen LogP contribution is 2.56. The number of nitrogens with one attached hydrogen (secondary N) is 1. The lowest BCUT2D eigenvalue weighted by atomic mass is 9.83. The topological polar surface area (TPSA) is 108 Å². The zero-order valence-corrected chi connectivity index (χ0v) is 16.7. The predicted octanol–water partition coefficient (Wildman–Crippen LogP) is 0.859. The Morgan fingerprint density at radius 3 is 2.69 bits per heavy atom. The molecule has 5 aliphatic heterocycles. The summed E-state index contributed by atoms with van der Waals surface area (Å²) in [7, 11) is 0. The van der Waals surface area contributed by atoms with Gasteiger partial charge in [-0.3, -0.25) is 23.9 Å². The van der Waals surface area contributed by atoms with Crippen LogP contribution in [-0.2, 0) is 15.2 Å². The summed E-state index contributed by atoms with van der Waals surface area (Å²) in [4.78, 5) is 47.9. The minimum Gasteiger partial charge on any atom is -0.381 e. The molecule has 8 rings (SSSR count). The Morgan fingerprint density at radius 2 is 1.84 bits per heavy atom. The van der Waals surface area contributed by atoms with Crippen LogP contribution in [0, 0.1) is 0 Å². The number of hydrogen-bond acceptors (Lipinski definition) is 6. The van der Waals surface area contributed by atoms with Gasteiger partial charge in [0.1, 0.15) is 17.8 Å². The molecule has 9 nitrogen and oxygen atoms in total. The minimum absolute atomic E-state index is 0.0896. The number of carbonyl (C=O) groups excluding carboxylic acids is 2. The second-order valence-corrected chi connectivity index (χ2v) is 8.64. The molecule has 4 atom stereocenters. The molecule has 0 radical (unpaired) electrons. The van der Waals surface area contributed by atoms with Crippen molar-refractivity contribution in [2.24, 2.45) is 0 Å². The van der Waals surface area contributed by atoms with Crippen LogP contribution in [0.4, 0.5) is 5.69 Å². The van der Waals surface area contributed by atoms with Gasteiger partial charge in [0.15, 0.2) is 12.0 Å². The van der Waals surface area contributed by atoms with Crippen molar-refractivity contribution in [2.75, 3.05) is 4.90 Å². The molecule has 158 valence electrons. The van der Waals surface area contributed by atoms with E-state index >= 15 is 0 Å². The Labute approximate surface area is 181 Å². The van der Waals surface area contributed by atoms with E-state index in [1.54, 1.807) is 53.4 Å². The van der Waals surface area contributed by atoms with Crippen molar-refractivity contribution in [1.82, 2.24) is 19.8 Å². The lowest BCUT2D eigenvalue weighted by Gasteiger charge is -2.48. The number of para-hydroxylation sites is 2. The van der Waals surface area contributed by atoms with Gasteiger partial charge >= 0.3 is 0 Å². The van der Waals surface area contributed by atoms with E-state index < -0.39 is 29.9 Å². The largest absolute Gasteiger partial charge is 0.381 e. The van der Waals surface area contributed by atoms with E-state index in [1.165, 1.54) is 9.47 Å². The van der Waals surface area contributed by atoms with Gasteiger partial charge in [-0.25, -0.2) is 4.98 Å². The third-order valence-electron chi connectivity index (χ3n) is 7.10. The van der Waals surface area contributed by atoms with Gasteiger partial charge in [-0.1, -0.05) is 36.9 Å². The first-order chi connectivity index (χ1) is 15.4. The van der Waals surface area contributed by atoms with Crippen LogP contribution in [0.25, 0.3) is 10.9 Å². The van der Waals surface area contributed by atoms with Gasteiger partial charge in [0.25, 0.3) is 11.5 Å². The molecule has 32 heavy (non-hydrogen) atoms. The molecular weight excluding hydrogens is 410 g/mol. The maximum atomic E-state index is 13.5. The van der Waals surface area contributed by atoms with Gasteiger partial charge in [-0.05, 0) is 18.2 Å². The molecule has 0 aliphatic carbocycles. The number of nitrogens with zero attached hydrogens (tertiary/aromatic N) is 4. The van der Waals surface area contributed by atoms with Crippen molar-refractivity contribution in [2.45, 2.75) is 30.4 Å². The van der Waals surface area contributed by atoms with E-state index in [2.05, 4.69) is 11.9 Å². The quantitative estimate of drug-likeness (QED) is 0.516.